The number of amides is 1. The number of carbonyl (C=O) groups is 2. The van der Waals surface area contributed by atoms with Gasteiger partial charge in [-0.25, -0.2) is 4.39 Å². The Labute approximate surface area is 162 Å². The molecule has 0 saturated carbocycles. The third-order valence-corrected chi connectivity index (χ3v) is 5.38. The normalized spacial score (nSPS) is 22.1. The number of likely N-dealkylation sites (tertiary alicyclic amines) is 1. The number of aliphatic carboxylic acids is 1. The van der Waals surface area contributed by atoms with E-state index in [9.17, 15) is 24.2 Å². The minimum absolute atomic E-state index is 0.00130. The van der Waals surface area contributed by atoms with Gasteiger partial charge in [-0.15, -0.1) is 0 Å². The average Bonchev–Trinajstić information content (AvgIpc) is 2.64. The molecule has 0 spiro atoms. The van der Waals surface area contributed by atoms with Crippen molar-refractivity contribution in [3.63, 3.8) is 0 Å². The van der Waals surface area contributed by atoms with Gasteiger partial charge in [-0.05, 0) is 56.5 Å². The summed E-state index contributed by atoms with van der Waals surface area (Å²) in [5, 5.41) is 20.5. The number of aliphatic hydroxyl groups is 1. The Morgan fingerprint density at radius 2 is 1.89 bits per heavy atom. The Bertz CT molecular complexity index is 900. The van der Waals surface area contributed by atoms with Crippen molar-refractivity contribution in [1.82, 2.24) is 9.88 Å². The number of aliphatic hydroxyl groups excluding tert-OH is 1. The molecule has 0 bridgehead atoms. The molecule has 1 aliphatic heterocycles. The quantitative estimate of drug-likeness (QED) is 0.842. The molecule has 2 atom stereocenters. The fourth-order valence-electron chi connectivity index (χ4n) is 3.76. The number of carboxylic acid groups (broad SMARTS) is 1. The van der Waals surface area contributed by atoms with Crippen LogP contribution < -0.4 is 0 Å². The minimum atomic E-state index is -1.56. The van der Waals surface area contributed by atoms with E-state index in [1.807, 2.05) is 6.92 Å². The summed E-state index contributed by atoms with van der Waals surface area (Å²) in [6.07, 6.45) is -0.965. The van der Waals surface area contributed by atoms with Gasteiger partial charge in [0.15, 0.2) is 0 Å². The Balaban J connectivity index is 1.91. The second-order valence-electron chi connectivity index (χ2n) is 7.38. The van der Waals surface area contributed by atoms with Crippen molar-refractivity contribution in [2.45, 2.75) is 32.8 Å². The van der Waals surface area contributed by atoms with Crippen molar-refractivity contribution < 1.29 is 24.2 Å². The van der Waals surface area contributed by atoms with Gasteiger partial charge >= 0.3 is 5.97 Å². The highest BCUT2D eigenvalue weighted by molar-refractivity contribution is 5.95. The van der Waals surface area contributed by atoms with Crippen LogP contribution >= 0.6 is 0 Å². The summed E-state index contributed by atoms with van der Waals surface area (Å²) in [5.41, 5.74) is 0.820. The summed E-state index contributed by atoms with van der Waals surface area (Å²) in [6.45, 7) is 3.69. The number of aryl methyl sites for hydroxylation is 2. The van der Waals surface area contributed by atoms with E-state index < -0.39 is 23.3 Å². The molecule has 1 aromatic carbocycles. The smallest absolute Gasteiger partial charge is 0.314 e. The number of nitrogens with zero attached hydrogens (tertiary/aromatic N) is 2. The first kappa shape index (κ1) is 19.9. The van der Waals surface area contributed by atoms with E-state index in [1.54, 1.807) is 19.1 Å². The maximum Gasteiger partial charge on any atom is 0.314 e. The first-order valence-corrected chi connectivity index (χ1v) is 9.12. The Kier molecular flexibility index (Phi) is 5.47. The van der Waals surface area contributed by atoms with E-state index in [0.29, 0.717) is 16.8 Å². The molecule has 1 aromatic heterocycles. The van der Waals surface area contributed by atoms with E-state index in [-0.39, 0.29) is 31.8 Å². The molecule has 1 saturated heterocycles. The molecule has 2 N–H and O–H groups in total. The van der Waals surface area contributed by atoms with E-state index in [1.165, 1.54) is 29.2 Å². The second-order valence-corrected chi connectivity index (χ2v) is 7.38. The van der Waals surface area contributed by atoms with Crippen molar-refractivity contribution in [1.29, 1.82) is 0 Å². The molecule has 1 fully saturated rings. The molecule has 6 nitrogen and oxygen atoms in total. The SMILES string of the molecule is Cc1ccc(C(=O)N2CC[C@H](O)[C@](Cc3ccc(F)cc3)(C(=O)O)C2)c(C)n1. The van der Waals surface area contributed by atoms with Crippen molar-refractivity contribution in [2.24, 2.45) is 5.41 Å². The minimum Gasteiger partial charge on any atom is -0.481 e. The summed E-state index contributed by atoms with van der Waals surface area (Å²) in [7, 11) is 0. The monoisotopic (exact) mass is 386 g/mol. The van der Waals surface area contributed by atoms with E-state index in [2.05, 4.69) is 4.98 Å². The molecule has 148 valence electrons. The van der Waals surface area contributed by atoms with Crippen molar-refractivity contribution in [3.05, 3.63) is 64.7 Å². The lowest BCUT2D eigenvalue weighted by molar-refractivity contribution is -0.161. The van der Waals surface area contributed by atoms with Crippen LogP contribution in [0.2, 0.25) is 0 Å². The number of halogens is 1. The van der Waals surface area contributed by atoms with Gasteiger partial charge in [0.1, 0.15) is 11.2 Å². The molecule has 28 heavy (non-hydrogen) atoms. The second kappa shape index (κ2) is 7.67. The van der Waals surface area contributed by atoms with Gasteiger partial charge < -0.3 is 15.1 Å². The predicted octanol–water partition coefficient (Wildman–Crippen LogP) is 2.36. The Morgan fingerprint density at radius 3 is 2.50 bits per heavy atom. The van der Waals surface area contributed by atoms with Gasteiger partial charge in [0.2, 0.25) is 0 Å². The number of carbonyl (C=O) groups excluding carboxylic acids is 1. The topological polar surface area (TPSA) is 90.7 Å². The Hall–Kier alpha value is -2.80. The van der Waals surface area contributed by atoms with Crippen LogP contribution in [-0.4, -0.2) is 51.2 Å². The fraction of sp³-hybridized carbons (Fsp3) is 0.381. The van der Waals surface area contributed by atoms with Gasteiger partial charge in [-0.1, -0.05) is 12.1 Å². The lowest BCUT2D eigenvalue weighted by Crippen LogP contribution is -2.58. The third-order valence-electron chi connectivity index (χ3n) is 5.38. The average molecular weight is 386 g/mol. The molecule has 0 radical (unpaired) electrons. The number of aromatic nitrogens is 1. The third kappa shape index (κ3) is 3.75. The number of rotatable bonds is 4. The van der Waals surface area contributed by atoms with Gasteiger partial charge in [-0.3, -0.25) is 14.6 Å². The highest BCUT2D eigenvalue weighted by Gasteiger charge is 2.50. The summed E-state index contributed by atoms with van der Waals surface area (Å²) in [4.78, 5) is 31.0. The van der Waals surface area contributed by atoms with E-state index in [0.717, 1.165) is 5.69 Å². The summed E-state index contributed by atoms with van der Waals surface area (Å²) < 4.78 is 13.2. The lowest BCUT2D eigenvalue weighted by Gasteiger charge is -2.43. The van der Waals surface area contributed by atoms with Crippen molar-refractivity contribution in [2.75, 3.05) is 13.1 Å². The van der Waals surface area contributed by atoms with Gasteiger partial charge in [-0.2, -0.15) is 0 Å². The van der Waals surface area contributed by atoms with Crippen LogP contribution in [0.5, 0.6) is 0 Å². The first-order chi connectivity index (χ1) is 13.2. The molecule has 2 aromatic rings. The maximum atomic E-state index is 13.2. The highest BCUT2D eigenvalue weighted by Crippen LogP contribution is 2.35. The molecule has 3 rings (SSSR count). The van der Waals surface area contributed by atoms with Gasteiger partial charge in [0.05, 0.1) is 17.4 Å². The molecular weight excluding hydrogens is 363 g/mol. The largest absolute Gasteiger partial charge is 0.481 e. The van der Waals surface area contributed by atoms with Crippen LogP contribution in [0.25, 0.3) is 0 Å². The molecule has 1 amide bonds. The van der Waals surface area contributed by atoms with Crippen molar-refractivity contribution in [3.8, 4) is 0 Å². The summed E-state index contributed by atoms with van der Waals surface area (Å²) in [5.74, 6) is -1.90. The fourth-order valence-corrected chi connectivity index (χ4v) is 3.76. The molecule has 1 aliphatic rings. The zero-order valence-electron chi connectivity index (χ0n) is 15.9. The van der Waals surface area contributed by atoms with Crippen LogP contribution in [0.15, 0.2) is 36.4 Å². The molecule has 0 aliphatic carbocycles. The van der Waals surface area contributed by atoms with Crippen LogP contribution in [0.4, 0.5) is 4.39 Å². The van der Waals surface area contributed by atoms with Crippen LogP contribution in [0.1, 0.15) is 33.7 Å². The number of hydrogen-bond donors (Lipinski definition) is 2. The Morgan fingerprint density at radius 1 is 1.21 bits per heavy atom. The predicted molar refractivity (Wildman–Crippen MR) is 100 cm³/mol. The van der Waals surface area contributed by atoms with Crippen molar-refractivity contribution >= 4 is 11.9 Å². The standard InChI is InChI=1S/C21H23FN2O4/c1-13-3-8-17(14(2)23-13)19(26)24-10-9-18(25)21(12-24,20(27)28)11-15-4-6-16(22)7-5-15/h3-8,18,25H,9-12H2,1-2H3,(H,27,28)/t18-,21+/m0/s1. The lowest BCUT2D eigenvalue weighted by atomic mass is 9.72. The van der Waals surface area contributed by atoms with E-state index in [4.69, 9.17) is 0 Å². The van der Waals surface area contributed by atoms with Gasteiger partial charge in [0.25, 0.3) is 5.91 Å². The van der Waals surface area contributed by atoms with Crippen LogP contribution in [-0.2, 0) is 11.2 Å². The van der Waals surface area contributed by atoms with Crippen LogP contribution in [0.3, 0.4) is 0 Å². The zero-order valence-corrected chi connectivity index (χ0v) is 15.9. The first-order valence-electron chi connectivity index (χ1n) is 9.12. The van der Waals surface area contributed by atoms with E-state index >= 15 is 0 Å². The molecule has 0 unspecified atom stereocenters. The number of piperidine rings is 1. The molecular formula is C21H23FN2O4. The molecule has 2 heterocycles. The number of pyridine rings is 1. The maximum absolute atomic E-state index is 13.2. The van der Waals surface area contributed by atoms with Gasteiger partial charge in [0, 0.05) is 18.8 Å². The molecule has 7 heteroatoms. The number of benzene rings is 1. The van der Waals surface area contributed by atoms with Crippen LogP contribution in [0, 0.1) is 25.1 Å². The zero-order chi connectivity index (χ0) is 20.5. The number of carboxylic acids is 1. The number of hydrogen-bond acceptors (Lipinski definition) is 4. The summed E-state index contributed by atoms with van der Waals surface area (Å²) in [6, 6.07) is 8.94. The summed E-state index contributed by atoms with van der Waals surface area (Å²) >= 11 is 0. The highest BCUT2D eigenvalue weighted by atomic mass is 19.1.